The fourth-order valence-corrected chi connectivity index (χ4v) is 1.81. The number of unbranched alkanes of at least 4 members (excludes halogenated alkanes) is 6. The number of alkyl halides is 1. The Hall–Kier alpha value is 0.470. The van der Waals surface area contributed by atoms with Crippen LogP contribution in [-0.2, 0) is 0 Å². The van der Waals surface area contributed by atoms with E-state index < -0.39 is 0 Å². The number of hydrogen-bond donors (Lipinski definition) is 0. The molecule has 0 unspecified atom stereocenters. The van der Waals surface area contributed by atoms with Gasteiger partial charge in [0.2, 0.25) is 0 Å². The minimum absolute atomic E-state index is 1.28. The normalized spacial score (nSPS) is 11.2. The zero-order valence-corrected chi connectivity index (χ0v) is 11.1. The highest BCUT2D eigenvalue weighted by Gasteiger charge is 1.86. The molecular formula is C12H23I. The van der Waals surface area contributed by atoms with Gasteiger partial charge in [-0.2, -0.15) is 0 Å². The summed E-state index contributed by atoms with van der Waals surface area (Å²) in [5, 5.41) is 0. The molecule has 0 aromatic carbocycles. The van der Waals surface area contributed by atoms with Crippen LogP contribution in [0.4, 0.5) is 0 Å². The highest BCUT2D eigenvalue weighted by molar-refractivity contribution is 14.1. The number of halogens is 1. The van der Waals surface area contributed by atoms with Gasteiger partial charge in [-0.15, -0.1) is 0 Å². The molecule has 0 fully saturated rings. The van der Waals surface area contributed by atoms with Gasteiger partial charge in [-0.25, -0.2) is 0 Å². The van der Waals surface area contributed by atoms with Crippen LogP contribution in [0.3, 0.4) is 0 Å². The molecule has 0 spiro atoms. The van der Waals surface area contributed by atoms with Crippen LogP contribution in [-0.4, -0.2) is 4.43 Å². The zero-order chi connectivity index (χ0) is 9.78. The van der Waals surface area contributed by atoms with E-state index in [0.717, 1.165) is 0 Å². The maximum Gasteiger partial charge on any atom is -0.000473 e. The fourth-order valence-electron chi connectivity index (χ4n) is 1.27. The molecule has 0 atom stereocenters. The Morgan fingerprint density at radius 3 is 2.08 bits per heavy atom. The Bertz CT molecular complexity index is 108. The van der Waals surface area contributed by atoms with Crippen LogP contribution < -0.4 is 0 Å². The van der Waals surface area contributed by atoms with Gasteiger partial charge < -0.3 is 0 Å². The van der Waals surface area contributed by atoms with Gasteiger partial charge >= 0.3 is 0 Å². The first-order valence-corrected chi connectivity index (χ1v) is 7.15. The average molecular weight is 294 g/mol. The van der Waals surface area contributed by atoms with E-state index in [4.69, 9.17) is 0 Å². The molecule has 0 saturated carbocycles. The minimum atomic E-state index is 1.28. The van der Waals surface area contributed by atoms with Crippen molar-refractivity contribution in [1.82, 2.24) is 0 Å². The second-order valence-corrected chi connectivity index (χ2v) is 4.58. The van der Waals surface area contributed by atoms with Crippen molar-refractivity contribution in [2.45, 2.75) is 58.3 Å². The van der Waals surface area contributed by atoms with E-state index in [9.17, 15) is 0 Å². The van der Waals surface area contributed by atoms with E-state index in [0.29, 0.717) is 0 Å². The molecule has 78 valence electrons. The van der Waals surface area contributed by atoms with E-state index in [-0.39, 0.29) is 0 Å². The van der Waals surface area contributed by atoms with Crippen molar-refractivity contribution >= 4 is 22.6 Å². The number of allylic oxidation sites excluding steroid dienone is 2. The molecule has 0 amide bonds. The monoisotopic (exact) mass is 294 g/mol. The third-order valence-corrected chi connectivity index (χ3v) is 2.91. The molecule has 1 heteroatoms. The Morgan fingerprint density at radius 2 is 1.46 bits per heavy atom. The van der Waals surface area contributed by atoms with E-state index in [1.54, 1.807) is 0 Å². The van der Waals surface area contributed by atoms with Gasteiger partial charge in [0.25, 0.3) is 0 Å². The smallest absolute Gasteiger partial charge is 0.000473 e. The van der Waals surface area contributed by atoms with Crippen molar-refractivity contribution in [3.05, 3.63) is 12.2 Å². The summed E-state index contributed by atoms with van der Waals surface area (Å²) in [5.74, 6) is 0. The van der Waals surface area contributed by atoms with Gasteiger partial charge in [0.1, 0.15) is 0 Å². The van der Waals surface area contributed by atoms with Crippen molar-refractivity contribution in [2.24, 2.45) is 0 Å². The van der Waals surface area contributed by atoms with Crippen LogP contribution >= 0.6 is 22.6 Å². The van der Waals surface area contributed by atoms with Gasteiger partial charge in [0.05, 0.1) is 0 Å². The Kier molecular flexibility index (Phi) is 12.9. The lowest BCUT2D eigenvalue weighted by atomic mass is 10.1. The van der Waals surface area contributed by atoms with Crippen LogP contribution in [0.1, 0.15) is 58.3 Å². The summed E-state index contributed by atoms with van der Waals surface area (Å²) in [4.78, 5) is 0. The van der Waals surface area contributed by atoms with E-state index in [1.165, 1.54) is 55.8 Å². The summed E-state index contributed by atoms with van der Waals surface area (Å²) in [7, 11) is 0. The SMILES string of the molecule is CCCC/C=C/CCCCCCI. The third-order valence-electron chi connectivity index (χ3n) is 2.15. The predicted molar refractivity (Wildman–Crippen MR) is 70.6 cm³/mol. The molecular weight excluding hydrogens is 271 g/mol. The molecule has 0 nitrogen and oxygen atoms in total. The summed E-state index contributed by atoms with van der Waals surface area (Å²) in [6, 6.07) is 0. The van der Waals surface area contributed by atoms with Gasteiger partial charge in [-0.1, -0.05) is 67.3 Å². The fraction of sp³-hybridized carbons (Fsp3) is 0.833. The summed E-state index contributed by atoms with van der Waals surface area (Å²) in [6.07, 6.45) is 15.6. The van der Waals surface area contributed by atoms with Gasteiger partial charge in [-0.3, -0.25) is 0 Å². The van der Waals surface area contributed by atoms with Crippen molar-refractivity contribution < 1.29 is 0 Å². The molecule has 0 heterocycles. The number of hydrogen-bond acceptors (Lipinski definition) is 0. The second kappa shape index (κ2) is 12.5. The lowest BCUT2D eigenvalue weighted by Crippen LogP contribution is -1.77. The molecule has 0 rings (SSSR count). The molecule has 0 aliphatic heterocycles. The Labute approximate surface area is 97.3 Å². The van der Waals surface area contributed by atoms with Crippen LogP contribution in [0, 0.1) is 0 Å². The van der Waals surface area contributed by atoms with Gasteiger partial charge in [-0.05, 0) is 30.1 Å². The van der Waals surface area contributed by atoms with Crippen molar-refractivity contribution in [1.29, 1.82) is 0 Å². The third kappa shape index (κ3) is 12.5. The Balaban J connectivity index is 2.93. The molecule has 0 N–H and O–H groups in total. The molecule has 0 bridgehead atoms. The van der Waals surface area contributed by atoms with Crippen LogP contribution in [0.5, 0.6) is 0 Å². The lowest BCUT2D eigenvalue weighted by molar-refractivity contribution is 0.680. The minimum Gasteiger partial charge on any atom is -0.0885 e. The van der Waals surface area contributed by atoms with Crippen molar-refractivity contribution in [3.63, 3.8) is 0 Å². The van der Waals surface area contributed by atoms with E-state index in [2.05, 4.69) is 41.7 Å². The molecule has 0 aromatic rings. The largest absolute Gasteiger partial charge is 0.0885 e. The maximum absolute atomic E-state index is 2.46. The van der Waals surface area contributed by atoms with E-state index >= 15 is 0 Å². The quantitative estimate of drug-likeness (QED) is 0.240. The predicted octanol–water partition coefficient (Wildman–Crippen LogP) is 5.12. The molecule has 0 aliphatic rings. The second-order valence-electron chi connectivity index (χ2n) is 3.51. The van der Waals surface area contributed by atoms with E-state index in [1.807, 2.05) is 0 Å². The summed E-state index contributed by atoms with van der Waals surface area (Å²) < 4.78 is 1.32. The maximum atomic E-state index is 2.46. The first kappa shape index (κ1) is 13.5. The number of rotatable bonds is 9. The van der Waals surface area contributed by atoms with Crippen LogP contribution in [0.25, 0.3) is 0 Å². The van der Waals surface area contributed by atoms with Gasteiger partial charge in [0, 0.05) is 0 Å². The summed E-state index contributed by atoms with van der Waals surface area (Å²) in [6.45, 7) is 2.25. The lowest BCUT2D eigenvalue weighted by Gasteiger charge is -1.95. The van der Waals surface area contributed by atoms with Crippen molar-refractivity contribution in [2.75, 3.05) is 4.43 Å². The summed E-state index contributed by atoms with van der Waals surface area (Å²) in [5.41, 5.74) is 0. The average Bonchev–Trinajstić information content (AvgIpc) is 2.16. The summed E-state index contributed by atoms with van der Waals surface area (Å²) >= 11 is 2.46. The topological polar surface area (TPSA) is 0 Å². The standard InChI is InChI=1S/C12H23I/c1-2-3-4-5-6-7-8-9-10-11-12-13/h5-6H,2-4,7-12H2,1H3/b6-5+. The van der Waals surface area contributed by atoms with Crippen LogP contribution in [0.2, 0.25) is 0 Å². The Morgan fingerprint density at radius 1 is 0.846 bits per heavy atom. The molecule has 13 heavy (non-hydrogen) atoms. The first-order valence-electron chi connectivity index (χ1n) is 5.62. The van der Waals surface area contributed by atoms with Gasteiger partial charge in [0.15, 0.2) is 0 Å². The highest BCUT2D eigenvalue weighted by atomic mass is 127. The molecule has 0 aliphatic carbocycles. The molecule has 0 radical (unpaired) electrons. The first-order chi connectivity index (χ1) is 6.41. The highest BCUT2D eigenvalue weighted by Crippen LogP contribution is 2.05. The molecule has 0 aromatic heterocycles. The zero-order valence-electron chi connectivity index (χ0n) is 8.90. The van der Waals surface area contributed by atoms with Crippen molar-refractivity contribution in [3.8, 4) is 0 Å². The van der Waals surface area contributed by atoms with Crippen LogP contribution in [0.15, 0.2) is 12.2 Å². The molecule has 0 saturated heterocycles.